The topological polar surface area (TPSA) is 115 Å². The molecule has 2 heterocycles. The number of fused-ring (bicyclic) bond motifs is 1. The second-order valence-electron chi connectivity index (χ2n) is 5.20. The molecular weight excluding hydrogens is 332 g/mol. The quantitative estimate of drug-likeness (QED) is 0.751. The highest BCUT2D eigenvalue weighted by atomic mass is 35.5. The maximum Gasteiger partial charge on any atom is 0.295 e. The van der Waals surface area contributed by atoms with Gasteiger partial charge in [0.25, 0.3) is 11.7 Å². The third-order valence-corrected chi connectivity index (χ3v) is 3.64. The number of hydrogen-bond donors (Lipinski definition) is 2. The molecule has 1 aromatic carbocycles. The van der Waals surface area contributed by atoms with E-state index in [-0.39, 0.29) is 16.4 Å². The van der Waals surface area contributed by atoms with Crippen LogP contribution in [-0.2, 0) is 0 Å². The molecule has 0 radical (unpaired) electrons. The van der Waals surface area contributed by atoms with Gasteiger partial charge in [0.15, 0.2) is 0 Å². The van der Waals surface area contributed by atoms with Crippen LogP contribution in [0, 0.1) is 13.8 Å². The minimum atomic E-state index is -0.683. The molecule has 2 aromatic heterocycles. The number of primary amides is 1. The summed E-state index contributed by atoms with van der Waals surface area (Å²) in [6.45, 7) is 3.68. The Morgan fingerprint density at radius 2 is 1.96 bits per heavy atom. The highest BCUT2D eigenvalue weighted by molar-refractivity contribution is 6.34. The van der Waals surface area contributed by atoms with Gasteiger partial charge in [-0.05, 0) is 38.1 Å². The summed E-state index contributed by atoms with van der Waals surface area (Å²) in [4.78, 5) is 32.0. The summed E-state index contributed by atoms with van der Waals surface area (Å²) in [6, 6.07) is 6.26. The summed E-state index contributed by atoms with van der Waals surface area (Å²) in [7, 11) is 0. The lowest BCUT2D eigenvalue weighted by atomic mass is 10.2. The first-order valence-corrected chi connectivity index (χ1v) is 7.34. The van der Waals surface area contributed by atoms with Crippen LogP contribution in [0.15, 0.2) is 24.3 Å². The molecule has 2 amide bonds. The maximum absolute atomic E-state index is 12.3. The number of hydrogen-bond acceptors (Lipinski definition) is 5. The van der Waals surface area contributed by atoms with Crippen molar-refractivity contribution in [1.29, 1.82) is 0 Å². The van der Waals surface area contributed by atoms with E-state index in [1.54, 1.807) is 6.07 Å². The van der Waals surface area contributed by atoms with Crippen LogP contribution < -0.4 is 11.1 Å². The lowest BCUT2D eigenvalue weighted by Crippen LogP contribution is -2.16. The van der Waals surface area contributed by atoms with Crippen molar-refractivity contribution in [2.45, 2.75) is 13.8 Å². The molecule has 3 aromatic rings. The number of rotatable bonds is 3. The monoisotopic (exact) mass is 344 g/mol. The zero-order chi connectivity index (χ0) is 17.4. The van der Waals surface area contributed by atoms with Crippen molar-refractivity contribution in [2.75, 3.05) is 5.32 Å². The molecule has 0 fully saturated rings. The van der Waals surface area contributed by atoms with E-state index in [9.17, 15) is 9.59 Å². The highest BCUT2D eigenvalue weighted by Crippen LogP contribution is 2.20. The first-order chi connectivity index (χ1) is 11.3. The highest BCUT2D eigenvalue weighted by Gasteiger charge is 2.16. The smallest absolute Gasteiger partial charge is 0.295 e. The molecule has 122 valence electrons. The fraction of sp³-hybridized carbons (Fsp3) is 0.133. The van der Waals surface area contributed by atoms with Crippen molar-refractivity contribution in [1.82, 2.24) is 19.6 Å². The van der Waals surface area contributed by atoms with Gasteiger partial charge in [-0.25, -0.2) is 9.50 Å². The van der Waals surface area contributed by atoms with Gasteiger partial charge in [-0.3, -0.25) is 9.59 Å². The van der Waals surface area contributed by atoms with Crippen LogP contribution in [0.1, 0.15) is 32.4 Å². The molecular formula is C15H13ClN6O2. The minimum absolute atomic E-state index is 0.0354. The zero-order valence-electron chi connectivity index (χ0n) is 12.9. The Balaban J connectivity index is 1.92. The first kappa shape index (κ1) is 15.9. The van der Waals surface area contributed by atoms with Gasteiger partial charge in [0.1, 0.15) is 0 Å². The fourth-order valence-electron chi connectivity index (χ4n) is 2.24. The summed E-state index contributed by atoms with van der Waals surface area (Å²) in [5.74, 6) is -0.911. The Hall–Kier alpha value is -3.00. The van der Waals surface area contributed by atoms with Crippen molar-refractivity contribution >= 4 is 34.9 Å². The largest absolute Gasteiger partial charge is 0.366 e. The summed E-state index contributed by atoms with van der Waals surface area (Å²) in [5, 5.41) is 6.95. The number of nitrogens with zero attached hydrogens (tertiary/aromatic N) is 4. The summed E-state index contributed by atoms with van der Waals surface area (Å²) in [5.41, 5.74) is 7.30. The van der Waals surface area contributed by atoms with E-state index in [1.165, 1.54) is 16.6 Å². The van der Waals surface area contributed by atoms with E-state index >= 15 is 0 Å². The van der Waals surface area contributed by atoms with Crippen LogP contribution in [0.2, 0.25) is 5.02 Å². The van der Waals surface area contributed by atoms with Gasteiger partial charge in [-0.1, -0.05) is 11.6 Å². The van der Waals surface area contributed by atoms with E-state index in [0.29, 0.717) is 11.5 Å². The number of carbonyl (C=O) groups excluding carboxylic acids is 2. The standard InChI is InChI=1S/C15H13ClN6O2/c1-7-5-8(2)22-15(18-7)20-13(21-22)14(24)19-9-3-4-11(16)10(6-9)12(17)23/h3-6H,1-2H3,(H2,17,23)(H,19,24). The van der Waals surface area contributed by atoms with E-state index in [2.05, 4.69) is 20.4 Å². The van der Waals surface area contributed by atoms with Crippen molar-refractivity contribution < 1.29 is 9.59 Å². The molecule has 9 heteroatoms. The van der Waals surface area contributed by atoms with Crippen LogP contribution in [0.25, 0.3) is 5.78 Å². The van der Waals surface area contributed by atoms with Crippen LogP contribution in [-0.4, -0.2) is 31.4 Å². The molecule has 24 heavy (non-hydrogen) atoms. The molecule has 0 spiro atoms. The number of carbonyl (C=O) groups is 2. The van der Waals surface area contributed by atoms with Crippen molar-refractivity contribution in [3.8, 4) is 0 Å². The third-order valence-electron chi connectivity index (χ3n) is 3.31. The molecule has 3 rings (SSSR count). The van der Waals surface area contributed by atoms with Gasteiger partial charge in [0, 0.05) is 17.1 Å². The number of nitrogens with two attached hydrogens (primary N) is 1. The Morgan fingerprint density at radius 3 is 2.67 bits per heavy atom. The number of anilines is 1. The number of nitrogens with one attached hydrogen (secondary N) is 1. The molecule has 0 aliphatic carbocycles. The molecule has 8 nitrogen and oxygen atoms in total. The number of aromatic nitrogens is 4. The average molecular weight is 345 g/mol. The molecule has 0 aliphatic rings. The van der Waals surface area contributed by atoms with E-state index < -0.39 is 11.8 Å². The van der Waals surface area contributed by atoms with E-state index in [1.807, 2.05) is 19.9 Å². The zero-order valence-corrected chi connectivity index (χ0v) is 13.6. The van der Waals surface area contributed by atoms with Gasteiger partial charge < -0.3 is 11.1 Å². The van der Waals surface area contributed by atoms with Gasteiger partial charge in [0.2, 0.25) is 11.7 Å². The van der Waals surface area contributed by atoms with Gasteiger partial charge >= 0.3 is 0 Å². The molecule has 0 bridgehead atoms. The lowest BCUT2D eigenvalue weighted by molar-refractivity contribution is 0.0994. The number of halogens is 1. The molecule has 0 saturated carbocycles. The predicted octanol–water partition coefficient (Wildman–Crippen LogP) is 1.75. The average Bonchev–Trinajstić information content (AvgIpc) is 2.93. The Labute approximate surface area is 141 Å². The molecule has 3 N–H and O–H groups in total. The van der Waals surface area contributed by atoms with Gasteiger partial charge in [-0.2, -0.15) is 4.98 Å². The fourth-order valence-corrected chi connectivity index (χ4v) is 2.45. The van der Waals surface area contributed by atoms with E-state index in [4.69, 9.17) is 17.3 Å². The second kappa shape index (κ2) is 5.89. The van der Waals surface area contributed by atoms with E-state index in [0.717, 1.165) is 11.4 Å². The second-order valence-corrected chi connectivity index (χ2v) is 5.61. The van der Waals surface area contributed by atoms with Crippen molar-refractivity contribution in [3.05, 3.63) is 52.1 Å². The van der Waals surface area contributed by atoms with Crippen molar-refractivity contribution in [3.63, 3.8) is 0 Å². The molecule has 0 saturated heterocycles. The maximum atomic E-state index is 12.3. The van der Waals surface area contributed by atoms with Crippen LogP contribution >= 0.6 is 11.6 Å². The SMILES string of the molecule is Cc1cc(C)n2nc(C(=O)Nc3ccc(Cl)c(C(N)=O)c3)nc2n1. The number of aryl methyl sites for hydroxylation is 2. The number of benzene rings is 1. The number of amides is 2. The van der Waals surface area contributed by atoms with Gasteiger partial charge in [-0.15, -0.1) is 5.10 Å². The Morgan fingerprint density at radius 1 is 1.21 bits per heavy atom. The molecule has 0 unspecified atom stereocenters. The summed E-state index contributed by atoms with van der Waals surface area (Å²) in [6.07, 6.45) is 0. The van der Waals surface area contributed by atoms with Gasteiger partial charge in [0.05, 0.1) is 10.6 Å². The van der Waals surface area contributed by atoms with Crippen LogP contribution in [0.4, 0.5) is 5.69 Å². The Kier molecular flexibility index (Phi) is 3.90. The predicted molar refractivity (Wildman–Crippen MR) is 88.2 cm³/mol. The molecule has 0 aliphatic heterocycles. The minimum Gasteiger partial charge on any atom is -0.366 e. The normalized spacial score (nSPS) is 10.8. The molecule has 0 atom stereocenters. The summed E-state index contributed by atoms with van der Waals surface area (Å²) < 4.78 is 1.48. The lowest BCUT2D eigenvalue weighted by Gasteiger charge is -2.05. The summed E-state index contributed by atoms with van der Waals surface area (Å²) >= 11 is 5.88. The third kappa shape index (κ3) is 2.91. The van der Waals surface area contributed by atoms with Crippen LogP contribution in [0.5, 0.6) is 0 Å². The van der Waals surface area contributed by atoms with Crippen LogP contribution in [0.3, 0.4) is 0 Å². The first-order valence-electron chi connectivity index (χ1n) is 6.97. The van der Waals surface area contributed by atoms with Crippen molar-refractivity contribution in [2.24, 2.45) is 5.73 Å². The Bertz CT molecular complexity index is 981.